The van der Waals surface area contributed by atoms with Gasteiger partial charge in [-0.3, -0.25) is 20.1 Å². The molecule has 0 aliphatic rings. The van der Waals surface area contributed by atoms with E-state index in [0.717, 1.165) is 0 Å². The number of nitrogens with one attached hydrogen (secondary N) is 4. The zero-order valence-electron chi connectivity index (χ0n) is 14.5. The van der Waals surface area contributed by atoms with Crippen molar-refractivity contribution in [3.05, 3.63) is 48.5 Å². The highest BCUT2D eigenvalue weighted by Crippen LogP contribution is 2.24. The fourth-order valence-electron chi connectivity index (χ4n) is 2.19. The third kappa shape index (κ3) is 6.86. The fraction of sp³-hybridized carbons (Fsp3) is 0.0667. The minimum Gasteiger partial charge on any atom is -0.465 e. The molecule has 14 heteroatoms. The van der Waals surface area contributed by atoms with Crippen molar-refractivity contribution in [1.82, 2.24) is 0 Å². The Balaban J connectivity index is 2.20. The van der Waals surface area contributed by atoms with Gasteiger partial charge in [-0.05, 0) is 24.3 Å². The minimum absolute atomic E-state index is 0.0927. The molecular weight excluding hydrogens is 428 g/mol. The van der Waals surface area contributed by atoms with Crippen molar-refractivity contribution in [3.63, 3.8) is 0 Å². The molecule has 0 aromatic heterocycles. The van der Waals surface area contributed by atoms with Gasteiger partial charge < -0.3 is 10.2 Å². The lowest BCUT2D eigenvalue weighted by molar-refractivity contribution is 0.208. The van der Waals surface area contributed by atoms with Crippen LogP contribution in [0.4, 0.5) is 32.3 Å². The van der Waals surface area contributed by atoms with Crippen LogP contribution in [0, 0.1) is 0 Å². The van der Waals surface area contributed by atoms with E-state index in [1.54, 1.807) is 0 Å². The van der Waals surface area contributed by atoms with Gasteiger partial charge in [0.1, 0.15) is 0 Å². The first-order chi connectivity index (χ1) is 13.5. The summed E-state index contributed by atoms with van der Waals surface area (Å²) in [5.41, 5.74) is -0.522. The molecule has 12 nitrogen and oxygen atoms in total. The van der Waals surface area contributed by atoms with Crippen LogP contribution in [0.25, 0.3) is 0 Å². The summed E-state index contributed by atoms with van der Waals surface area (Å²) in [5.74, 6) is 0. The van der Waals surface area contributed by atoms with E-state index in [1.807, 2.05) is 20.1 Å². The second-order valence-corrected chi connectivity index (χ2v) is 9.31. The van der Waals surface area contributed by atoms with Crippen molar-refractivity contribution >= 4 is 55.0 Å². The molecule has 2 aromatic carbocycles. The molecule has 0 bridgehead atoms. The molecular formula is C15H16N4O8S2. The highest BCUT2D eigenvalue weighted by molar-refractivity contribution is 8.09. The lowest BCUT2D eigenvalue weighted by Gasteiger charge is -2.14. The van der Waals surface area contributed by atoms with Crippen LogP contribution in [0.2, 0.25) is 0 Å². The molecule has 0 aliphatic carbocycles. The zero-order valence-corrected chi connectivity index (χ0v) is 16.1. The highest BCUT2D eigenvalue weighted by Gasteiger charge is 2.24. The Morgan fingerprint density at radius 3 is 1.28 bits per heavy atom. The van der Waals surface area contributed by atoms with E-state index in [1.165, 1.54) is 48.5 Å². The molecule has 0 saturated heterocycles. The molecule has 2 rings (SSSR count). The smallest absolute Gasteiger partial charge is 0.409 e. The van der Waals surface area contributed by atoms with Crippen LogP contribution in [-0.4, -0.2) is 44.3 Å². The van der Waals surface area contributed by atoms with E-state index in [0.29, 0.717) is 0 Å². The highest BCUT2D eigenvalue weighted by atomic mass is 32.3. The predicted octanol–water partition coefficient (Wildman–Crippen LogP) is 2.01. The van der Waals surface area contributed by atoms with Gasteiger partial charge in [-0.25, -0.2) is 26.4 Å². The van der Waals surface area contributed by atoms with Gasteiger partial charge in [0.05, 0.1) is 22.7 Å². The van der Waals surface area contributed by atoms with Crippen molar-refractivity contribution in [1.29, 1.82) is 0 Å². The average Bonchev–Trinajstić information content (AvgIpc) is 2.56. The molecule has 0 radical (unpaired) electrons. The molecule has 0 aliphatic heterocycles. The van der Waals surface area contributed by atoms with Crippen molar-refractivity contribution in [3.8, 4) is 0 Å². The fourth-order valence-corrected chi connectivity index (χ4v) is 5.32. The largest absolute Gasteiger partial charge is 0.465 e. The lowest BCUT2D eigenvalue weighted by Crippen LogP contribution is -2.28. The van der Waals surface area contributed by atoms with Gasteiger partial charge in [0.15, 0.2) is 5.08 Å². The first-order valence-corrected chi connectivity index (χ1v) is 11.0. The van der Waals surface area contributed by atoms with E-state index in [9.17, 15) is 26.4 Å². The van der Waals surface area contributed by atoms with E-state index in [4.69, 9.17) is 10.2 Å². The number of rotatable bonds is 8. The van der Waals surface area contributed by atoms with Crippen LogP contribution in [-0.2, 0) is 20.0 Å². The number of carboxylic acid groups (broad SMARTS) is 2. The summed E-state index contributed by atoms with van der Waals surface area (Å²) < 4.78 is 53.2. The quantitative estimate of drug-likeness (QED) is 0.356. The standard InChI is InChI=1S/C15H16N4O8S2/c20-14(21)16-10-5-1-3-7-12(10)18-28(24,25)9-29(26,27)19-13-8-4-2-6-11(13)17-15(22)23/h1-8,16-19H,9H2,(H,20,21)(H,22,23). The zero-order chi connectivity index (χ0) is 21.7. The maximum Gasteiger partial charge on any atom is 0.409 e. The lowest BCUT2D eigenvalue weighted by atomic mass is 10.3. The summed E-state index contributed by atoms with van der Waals surface area (Å²) in [6.45, 7) is 0. The summed E-state index contributed by atoms with van der Waals surface area (Å²) in [6.07, 6.45) is -2.87. The van der Waals surface area contributed by atoms with Crippen LogP contribution in [0.3, 0.4) is 0 Å². The summed E-state index contributed by atoms with van der Waals surface area (Å²) in [7, 11) is -8.95. The molecule has 0 unspecified atom stereocenters. The van der Waals surface area contributed by atoms with Gasteiger partial charge in [-0.2, -0.15) is 0 Å². The summed E-state index contributed by atoms with van der Waals surface area (Å²) in [6, 6.07) is 10.8. The average molecular weight is 444 g/mol. The van der Waals surface area contributed by atoms with Crippen LogP contribution in [0.5, 0.6) is 0 Å². The SMILES string of the molecule is O=C(O)Nc1ccccc1NS(=O)(=O)CS(=O)(=O)Nc1ccccc1NC(=O)O. The van der Waals surface area contributed by atoms with Gasteiger partial charge in [0.25, 0.3) is 0 Å². The predicted molar refractivity (Wildman–Crippen MR) is 106 cm³/mol. The van der Waals surface area contributed by atoms with Crippen LogP contribution < -0.4 is 20.1 Å². The number of hydrogen-bond donors (Lipinski definition) is 6. The summed E-state index contributed by atoms with van der Waals surface area (Å²) in [4.78, 5) is 21.6. The molecule has 6 N–H and O–H groups in total. The number of carbonyl (C=O) groups is 2. The van der Waals surface area contributed by atoms with Crippen LogP contribution >= 0.6 is 0 Å². The monoisotopic (exact) mass is 444 g/mol. The van der Waals surface area contributed by atoms with Crippen molar-refractivity contribution in [2.75, 3.05) is 25.2 Å². The summed E-state index contributed by atoms with van der Waals surface area (Å²) in [5, 5.41) is 20.1. The molecule has 0 spiro atoms. The molecule has 29 heavy (non-hydrogen) atoms. The van der Waals surface area contributed by atoms with Crippen LogP contribution in [0.1, 0.15) is 0 Å². The Hall–Kier alpha value is -3.52. The molecule has 2 amide bonds. The molecule has 156 valence electrons. The number of benzene rings is 2. The maximum atomic E-state index is 12.3. The van der Waals surface area contributed by atoms with Crippen molar-refractivity contribution in [2.24, 2.45) is 0 Å². The molecule has 0 fully saturated rings. The first-order valence-electron chi connectivity index (χ1n) is 7.66. The number of anilines is 4. The maximum absolute atomic E-state index is 12.3. The van der Waals surface area contributed by atoms with E-state index < -0.39 is 37.3 Å². The van der Waals surface area contributed by atoms with Gasteiger partial charge in [0, 0.05) is 0 Å². The molecule has 0 heterocycles. The second kappa shape index (κ2) is 8.66. The third-order valence-corrected chi connectivity index (χ3v) is 6.72. The van der Waals surface area contributed by atoms with E-state index in [-0.39, 0.29) is 22.7 Å². The van der Waals surface area contributed by atoms with Gasteiger partial charge in [-0.1, -0.05) is 24.3 Å². The normalized spacial score (nSPS) is 11.3. The van der Waals surface area contributed by atoms with E-state index in [2.05, 4.69) is 0 Å². The third-order valence-electron chi connectivity index (χ3n) is 3.18. The number of hydrogen-bond acceptors (Lipinski definition) is 6. The Kier molecular flexibility index (Phi) is 6.50. The Morgan fingerprint density at radius 2 is 0.966 bits per heavy atom. The van der Waals surface area contributed by atoms with Crippen molar-refractivity contribution in [2.45, 2.75) is 0 Å². The Labute approximate surface area is 165 Å². The van der Waals surface area contributed by atoms with Gasteiger partial charge in [0.2, 0.25) is 20.0 Å². The Bertz CT molecular complexity index is 1040. The molecule has 0 saturated carbocycles. The summed E-state index contributed by atoms with van der Waals surface area (Å²) >= 11 is 0. The first kappa shape index (κ1) is 21.8. The molecule has 2 aromatic rings. The Morgan fingerprint density at radius 1 is 0.655 bits per heavy atom. The number of sulfonamides is 2. The topological polar surface area (TPSA) is 191 Å². The number of amides is 2. The minimum atomic E-state index is -4.48. The van der Waals surface area contributed by atoms with E-state index >= 15 is 0 Å². The van der Waals surface area contributed by atoms with Crippen LogP contribution in [0.15, 0.2) is 48.5 Å². The molecule has 0 atom stereocenters. The van der Waals surface area contributed by atoms with Gasteiger partial charge in [-0.15, -0.1) is 0 Å². The second-order valence-electron chi connectivity index (χ2n) is 5.50. The van der Waals surface area contributed by atoms with Crippen molar-refractivity contribution < 1.29 is 36.6 Å². The number of para-hydroxylation sites is 4. The van der Waals surface area contributed by atoms with Gasteiger partial charge >= 0.3 is 12.2 Å².